The number of hydrogen-bond donors (Lipinski definition) is 1. The molecule has 0 spiro atoms. The van der Waals surface area contributed by atoms with Crippen molar-refractivity contribution in [2.75, 3.05) is 38.3 Å². The summed E-state index contributed by atoms with van der Waals surface area (Å²) >= 11 is 0. The van der Waals surface area contributed by atoms with Crippen molar-refractivity contribution in [2.24, 2.45) is 0 Å². The largest absolute Gasteiger partial charge is 0.495 e. The van der Waals surface area contributed by atoms with Crippen LogP contribution in [0.4, 0.5) is 5.69 Å². The molecular formula is C14H16N2O3. The first-order valence-corrected chi connectivity index (χ1v) is 6.32. The maximum Gasteiger partial charge on any atom is 0.189 e. The molecule has 1 aliphatic heterocycles. The van der Waals surface area contributed by atoms with E-state index in [2.05, 4.69) is 9.88 Å². The van der Waals surface area contributed by atoms with Crippen molar-refractivity contribution in [3.63, 3.8) is 0 Å². The molecule has 1 aliphatic rings. The Morgan fingerprint density at radius 1 is 1.32 bits per heavy atom. The van der Waals surface area contributed by atoms with Crippen LogP contribution < -0.4 is 15.1 Å². The molecule has 0 radical (unpaired) electrons. The Labute approximate surface area is 110 Å². The number of morpholine rings is 1. The molecule has 5 nitrogen and oxygen atoms in total. The summed E-state index contributed by atoms with van der Waals surface area (Å²) in [6, 6.07) is 5.32. The van der Waals surface area contributed by atoms with Gasteiger partial charge in [-0.3, -0.25) is 4.79 Å². The van der Waals surface area contributed by atoms with Gasteiger partial charge in [0.15, 0.2) is 5.43 Å². The van der Waals surface area contributed by atoms with Crippen LogP contribution in [0.15, 0.2) is 29.2 Å². The van der Waals surface area contributed by atoms with Crippen molar-refractivity contribution in [3.05, 3.63) is 34.6 Å². The highest BCUT2D eigenvalue weighted by molar-refractivity contribution is 5.85. The highest BCUT2D eigenvalue weighted by Gasteiger charge is 2.17. The Hall–Kier alpha value is -2.01. The number of methoxy groups -OCH3 is 1. The molecule has 1 saturated heterocycles. The van der Waals surface area contributed by atoms with E-state index in [4.69, 9.17) is 9.47 Å². The summed E-state index contributed by atoms with van der Waals surface area (Å²) in [4.78, 5) is 17.2. The Morgan fingerprint density at radius 3 is 2.84 bits per heavy atom. The highest BCUT2D eigenvalue weighted by atomic mass is 16.5. The van der Waals surface area contributed by atoms with Crippen LogP contribution in [0.2, 0.25) is 0 Å². The predicted octanol–water partition coefficient (Wildman–Crippen LogP) is 1.37. The number of aromatic amines is 1. The van der Waals surface area contributed by atoms with E-state index in [1.807, 2.05) is 12.1 Å². The summed E-state index contributed by atoms with van der Waals surface area (Å²) < 4.78 is 10.8. The summed E-state index contributed by atoms with van der Waals surface area (Å²) in [6.45, 7) is 3.03. The normalized spacial score (nSPS) is 15.7. The minimum absolute atomic E-state index is 0.0194. The van der Waals surface area contributed by atoms with Crippen molar-refractivity contribution in [1.29, 1.82) is 0 Å². The first-order valence-electron chi connectivity index (χ1n) is 6.32. The number of pyridine rings is 1. The Kier molecular flexibility index (Phi) is 3.13. The van der Waals surface area contributed by atoms with Gasteiger partial charge in [-0.2, -0.15) is 0 Å². The maximum atomic E-state index is 11.9. The lowest BCUT2D eigenvalue weighted by Gasteiger charge is -2.30. The lowest BCUT2D eigenvalue weighted by molar-refractivity contribution is 0.122. The third-order valence-electron chi connectivity index (χ3n) is 3.41. The van der Waals surface area contributed by atoms with E-state index in [1.54, 1.807) is 13.3 Å². The molecule has 5 heteroatoms. The monoisotopic (exact) mass is 260 g/mol. The zero-order valence-corrected chi connectivity index (χ0v) is 10.8. The fourth-order valence-electron chi connectivity index (χ4n) is 2.40. The van der Waals surface area contributed by atoms with Gasteiger partial charge >= 0.3 is 0 Å². The quantitative estimate of drug-likeness (QED) is 0.886. The first kappa shape index (κ1) is 12.0. The van der Waals surface area contributed by atoms with Crippen molar-refractivity contribution >= 4 is 16.6 Å². The van der Waals surface area contributed by atoms with Crippen molar-refractivity contribution < 1.29 is 9.47 Å². The molecule has 1 fully saturated rings. The van der Waals surface area contributed by atoms with Gasteiger partial charge < -0.3 is 19.4 Å². The van der Waals surface area contributed by atoms with Crippen LogP contribution in [-0.2, 0) is 4.74 Å². The third kappa shape index (κ3) is 2.17. The Morgan fingerprint density at radius 2 is 2.11 bits per heavy atom. The molecular weight excluding hydrogens is 244 g/mol. The molecule has 2 heterocycles. The maximum absolute atomic E-state index is 11.9. The van der Waals surface area contributed by atoms with Crippen LogP contribution in [0.1, 0.15) is 0 Å². The molecule has 0 atom stereocenters. The van der Waals surface area contributed by atoms with Gasteiger partial charge in [-0.15, -0.1) is 0 Å². The molecule has 0 bridgehead atoms. The second-order valence-corrected chi connectivity index (χ2v) is 4.51. The van der Waals surface area contributed by atoms with Crippen LogP contribution in [-0.4, -0.2) is 38.4 Å². The number of hydrogen-bond acceptors (Lipinski definition) is 4. The van der Waals surface area contributed by atoms with E-state index in [0.717, 1.165) is 30.0 Å². The van der Waals surface area contributed by atoms with E-state index in [0.29, 0.717) is 18.6 Å². The topological polar surface area (TPSA) is 54.6 Å². The molecule has 0 unspecified atom stereocenters. The SMILES string of the molecule is COc1cc2[nH]ccc(=O)c2cc1N1CCOCC1. The van der Waals surface area contributed by atoms with E-state index >= 15 is 0 Å². The number of ether oxygens (including phenoxy) is 2. The number of aromatic nitrogens is 1. The number of rotatable bonds is 2. The number of H-pyrrole nitrogens is 1. The van der Waals surface area contributed by atoms with Gasteiger partial charge in [0.25, 0.3) is 0 Å². The van der Waals surface area contributed by atoms with E-state index < -0.39 is 0 Å². The zero-order chi connectivity index (χ0) is 13.2. The van der Waals surface area contributed by atoms with Gasteiger partial charge in [-0.1, -0.05) is 0 Å². The molecule has 3 rings (SSSR count). The number of anilines is 1. The summed E-state index contributed by atoms with van der Waals surface area (Å²) in [5.74, 6) is 0.774. The summed E-state index contributed by atoms with van der Waals surface area (Å²) in [5.41, 5.74) is 1.77. The fourth-order valence-corrected chi connectivity index (χ4v) is 2.40. The highest BCUT2D eigenvalue weighted by Crippen LogP contribution is 2.31. The predicted molar refractivity (Wildman–Crippen MR) is 74.2 cm³/mol. The summed E-state index contributed by atoms with van der Waals surface area (Å²) in [6.07, 6.45) is 1.65. The van der Waals surface area contributed by atoms with Gasteiger partial charge in [-0.25, -0.2) is 0 Å². The smallest absolute Gasteiger partial charge is 0.189 e. The zero-order valence-electron chi connectivity index (χ0n) is 10.8. The molecule has 0 saturated carbocycles. The Balaban J connectivity index is 2.16. The molecule has 1 N–H and O–H groups in total. The van der Waals surface area contributed by atoms with E-state index in [1.165, 1.54) is 6.07 Å². The van der Waals surface area contributed by atoms with E-state index in [9.17, 15) is 4.79 Å². The van der Waals surface area contributed by atoms with Crippen LogP contribution in [0, 0.1) is 0 Å². The third-order valence-corrected chi connectivity index (χ3v) is 3.41. The van der Waals surface area contributed by atoms with Crippen molar-refractivity contribution in [1.82, 2.24) is 4.98 Å². The summed E-state index contributed by atoms with van der Waals surface area (Å²) in [7, 11) is 1.65. The fraction of sp³-hybridized carbons (Fsp3) is 0.357. The first-order chi connectivity index (χ1) is 9.29. The average Bonchev–Trinajstić information content (AvgIpc) is 2.47. The number of nitrogens with one attached hydrogen (secondary N) is 1. The van der Waals surface area contributed by atoms with Crippen molar-refractivity contribution in [3.8, 4) is 5.75 Å². The molecule has 0 amide bonds. The number of nitrogens with zero attached hydrogens (tertiary/aromatic N) is 1. The minimum Gasteiger partial charge on any atom is -0.495 e. The number of fused-ring (bicyclic) bond motifs is 1. The van der Waals surface area contributed by atoms with Crippen LogP contribution in [0.25, 0.3) is 10.9 Å². The summed E-state index contributed by atoms with van der Waals surface area (Å²) in [5, 5.41) is 0.685. The molecule has 19 heavy (non-hydrogen) atoms. The van der Waals surface area contributed by atoms with Crippen LogP contribution in [0.5, 0.6) is 5.75 Å². The van der Waals surface area contributed by atoms with Gasteiger partial charge in [0.1, 0.15) is 5.75 Å². The standard InChI is InChI=1S/C14H16N2O3/c1-18-14-9-11-10(13(17)2-3-15-11)8-12(14)16-4-6-19-7-5-16/h2-3,8-9H,4-7H2,1H3,(H,15,17). The van der Waals surface area contributed by atoms with Gasteiger partial charge in [0, 0.05) is 36.8 Å². The van der Waals surface area contributed by atoms with Crippen molar-refractivity contribution in [2.45, 2.75) is 0 Å². The minimum atomic E-state index is 0.0194. The second-order valence-electron chi connectivity index (χ2n) is 4.51. The molecule has 0 aliphatic carbocycles. The second kappa shape index (κ2) is 4.93. The van der Waals surface area contributed by atoms with Gasteiger partial charge in [-0.05, 0) is 6.07 Å². The molecule has 1 aromatic heterocycles. The van der Waals surface area contributed by atoms with E-state index in [-0.39, 0.29) is 5.43 Å². The van der Waals surface area contributed by atoms with Gasteiger partial charge in [0.05, 0.1) is 31.5 Å². The van der Waals surface area contributed by atoms with Crippen LogP contribution >= 0.6 is 0 Å². The lowest BCUT2D eigenvalue weighted by atomic mass is 10.1. The lowest BCUT2D eigenvalue weighted by Crippen LogP contribution is -2.36. The van der Waals surface area contributed by atoms with Crippen LogP contribution in [0.3, 0.4) is 0 Å². The molecule has 1 aromatic carbocycles. The molecule has 100 valence electrons. The number of benzene rings is 1. The average molecular weight is 260 g/mol. The molecule has 2 aromatic rings. The Bertz CT molecular complexity index is 645. The van der Waals surface area contributed by atoms with Gasteiger partial charge in [0.2, 0.25) is 0 Å².